The van der Waals surface area contributed by atoms with Crippen molar-refractivity contribution in [3.63, 3.8) is 0 Å². The lowest BCUT2D eigenvalue weighted by atomic mass is 10.2. The van der Waals surface area contributed by atoms with Gasteiger partial charge in [-0.15, -0.1) is 0 Å². The molecule has 0 fully saturated rings. The number of carbonyl (C=O) groups is 1. The van der Waals surface area contributed by atoms with Crippen LogP contribution in [0.3, 0.4) is 0 Å². The zero-order chi connectivity index (χ0) is 8.85. The minimum absolute atomic E-state index is 0.119. The van der Waals surface area contributed by atoms with Gasteiger partial charge in [0.15, 0.2) is 5.57 Å². The molecule has 0 aromatic carbocycles. The Morgan fingerprint density at radius 2 is 2.27 bits per heavy atom. The second-order valence-electron chi connectivity index (χ2n) is 1.89. The summed E-state index contributed by atoms with van der Waals surface area (Å²) < 4.78 is 4.56. The number of ether oxygens (including phenoxy) is 1. The maximum atomic E-state index is 10.8. The quantitative estimate of drug-likeness (QED) is 0.352. The third kappa shape index (κ3) is 2.72. The number of esters is 1. The molecule has 0 saturated heterocycles. The van der Waals surface area contributed by atoms with Crippen LogP contribution in [0.25, 0.3) is 0 Å². The average Bonchev–Trinajstić information content (AvgIpc) is 1.88. The predicted molar refractivity (Wildman–Crippen MR) is 39.1 cm³/mol. The number of allylic oxidation sites excluding steroid dienone is 1. The molecule has 0 heterocycles. The zero-order valence-corrected chi connectivity index (χ0v) is 6.55. The van der Waals surface area contributed by atoms with Gasteiger partial charge in [0.2, 0.25) is 0 Å². The van der Waals surface area contributed by atoms with Crippen molar-refractivity contribution >= 4 is 5.97 Å². The molecule has 0 aromatic heterocycles. The van der Waals surface area contributed by atoms with E-state index in [1.165, 1.54) is 6.92 Å². The number of hydrogen-bond acceptors (Lipinski definition) is 4. The number of nitriles is 1. The molecule has 0 aliphatic carbocycles. The minimum atomic E-state index is -0.657. The van der Waals surface area contributed by atoms with Gasteiger partial charge in [0.25, 0.3) is 0 Å². The van der Waals surface area contributed by atoms with Crippen LogP contribution in [0.4, 0.5) is 0 Å². The van der Waals surface area contributed by atoms with Gasteiger partial charge >= 0.3 is 5.97 Å². The van der Waals surface area contributed by atoms with Gasteiger partial charge < -0.3 is 10.5 Å². The van der Waals surface area contributed by atoms with Crippen LogP contribution in [0.2, 0.25) is 0 Å². The van der Waals surface area contributed by atoms with Crippen LogP contribution in [0.1, 0.15) is 13.8 Å². The van der Waals surface area contributed by atoms with E-state index in [-0.39, 0.29) is 17.9 Å². The summed E-state index contributed by atoms with van der Waals surface area (Å²) in [4.78, 5) is 10.8. The van der Waals surface area contributed by atoms with E-state index >= 15 is 0 Å². The molecule has 11 heavy (non-hydrogen) atoms. The van der Waals surface area contributed by atoms with Gasteiger partial charge in [0, 0.05) is 5.70 Å². The molecule has 4 heteroatoms. The summed E-state index contributed by atoms with van der Waals surface area (Å²) in [6, 6.07) is 1.67. The Bertz CT molecular complexity index is 221. The summed E-state index contributed by atoms with van der Waals surface area (Å²) in [5.74, 6) is -0.657. The molecule has 0 amide bonds. The predicted octanol–water partition coefficient (Wildman–Crippen LogP) is 0.306. The second kappa shape index (κ2) is 4.34. The molecular weight excluding hydrogens is 144 g/mol. The lowest BCUT2D eigenvalue weighted by Gasteiger charge is -1.99. The fraction of sp³-hybridized carbons (Fsp3) is 0.429. The topological polar surface area (TPSA) is 76.1 Å². The first-order valence-electron chi connectivity index (χ1n) is 3.17. The molecular formula is C7H10N2O2. The molecule has 0 spiro atoms. The molecule has 0 aliphatic rings. The highest BCUT2D eigenvalue weighted by Gasteiger charge is 2.10. The molecule has 60 valence electrons. The van der Waals surface area contributed by atoms with Gasteiger partial charge in [-0.2, -0.15) is 5.26 Å². The van der Waals surface area contributed by atoms with Crippen molar-refractivity contribution in [1.82, 2.24) is 0 Å². The van der Waals surface area contributed by atoms with Crippen molar-refractivity contribution in [1.29, 1.82) is 5.26 Å². The van der Waals surface area contributed by atoms with Crippen molar-refractivity contribution < 1.29 is 9.53 Å². The molecule has 0 aliphatic heterocycles. The Kier molecular flexibility index (Phi) is 3.75. The van der Waals surface area contributed by atoms with Crippen LogP contribution in [-0.2, 0) is 9.53 Å². The number of carbonyl (C=O) groups excluding carboxylic acids is 1. The van der Waals surface area contributed by atoms with E-state index < -0.39 is 5.97 Å². The van der Waals surface area contributed by atoms with Crippen molar-refractivity contribution in [3.05, 3.63) is 11.3 Å². The summed E-state index contributed by atoms with van der Waals surface area (Å²) in [6.45, 7) is 3.39. The number of nitrogens with zero attached hydrogens (tertiary/aromatic N) is 1. The van der Waals surface area contributed by atoms with E-state index in [4.69, 9.17) is 11.0 Å². The second-order valence-corrected chi connectivity index (χ2v) is 1.89. The third-order valence-corrected chi connectivity index (χ3v) is 0.986. The van der Waals surface area contributed by atoms with Gasteiger partial charge in [0.05, 0.1) is 6.61 Å². The minimum Gasteiger partial charge on any atom is -0.462 e. The fourth-order valence-corrected chi connectivity index (χ4v) is 0.498. The Labute approximate surface area is 65.2 Å². The molecule has 2 N–H and O–H groups in total. The maximum Gasteiger partial charge on any atom is 0.350 e. The molecule has 0 rings (SSSR count). The molecule has 0 bridgehead atoms. The summed E-state index contributed by atoms with van der Waals surface area (Å²) in [5, 5.41) is 8.40. The van der Waals surface area contributed by atoms with Gasteiger partial charge in [-0.25, -0.2) is 4.79 Å². The van der Waals surface area contributed by atoms with E-state index in [0.29, 0.717) is 0 Å². The number of nitrogens with two attached hydrogens (primary N) is 1. The first-order chi connectivity index (χ1) is 5.13. The smallest absolute Gasteiger partial charge is 0.350 e. The lowest BCUT2D eigenvalue weighted by molar-refractivity contribution is -0.138. The highest BCUT2D eigenvalue weighted by Crippen LogP contribution is 1.99. The zero-order valence-electron chi connectivity index (χ0n) is 6.55. The largest absolute Gasteiger partial charge is 0.462 e. The van der Waals surface area contributed by atoms with Crippen molar-refractivity contribution in [3.8, 4) is 6.07 Å². The van der Waals surface area contributed by atoms with Crippen LogP contribution in [0.15, 0.2) is 11.3 Å². The summed E-state index contributed by atoms with van der Waals surface area (Å²) in [7, 11) is 0. The highest BCUT2D eigenvalue weighted by molar-refractivity contribution is 5.93. The lowest BCUT2D eigenvalue weighted by Crippen LogP contribution is -2.11. The van der Waals surface area contributed by atoms with Gasteiger partial charge in [-0.1, -0.05) is 0 Å². The van der Waals surface area contributed by atoms with Crippen LogP contribution < -0.4 is 5.73 Å². The third-order valence-electron chi connectivity index (χ3n) is 0.986. The summed E-state index contributed by atoms with van der Waals surface area (Å²) >= 11 is 0. The van der Waals surface area contributed by atoms with Gasteiger partial charge in [-0.05, 0) is 13.8 Å². The monoisotopic (exact) mass is 154 g/mol. The number of hydrogen-bond donors (Lipinski definition) is 1. The normalized spacial score (nSPS) is 11.4. The Morgan fingerprint density at radius 1 is 1.73 bits per heavy atom. The summed E-state index contributed by atoms with van der Waals surface area (Å²) in [6.07, 6.45) is 0. The molecule has 0 saturated carbocycles. The van der Waals surface area contributed by atoms with E-state index in [2.05, 4.69) is 4.74 Å². The average molecular weight is 154 g/mol. The van der Waals surface area contributed by atoms with Gasteiger partial charge in [0.1, 0.15) is 6.07 Å². The van der Waals surface area contributed by atoms with Crippen LogP contribution in [0, 0.1) is 11.3 Å². The fourth-order valence-electron chi connectivity index (χ4n) is 0.498. The van der Waals surface area contributed by atoms with Crippen LogP contribution >= 0.6 is 0 Å². The van der Waals surface area contributed by atoms with Crippen molar-refractivity contribution in [2.45, 2.75) is 13.8 Å². The molecule has 4 nitrogen and oxygen atoms in total. The SMILES string of the molecule is CCOC(=O)/C(C#N)=C(/C)N. The molecule has 0 atom stereocenters. The van der Waals surface area contributed by atoms with Crippen molar-refractivity contribution in [2.24, 2.45) is 5.73 Å². The van der Waals surface area contributed by atoms with E-state index in [1.54, 1.807) is 13.0 Å². The van der Waals surface area contributed by atoms with E-state index in [1.807, 2.05) is 0 Å². The Morgan fingerprint density at radius 3 is 2.55 bits per heavy atom. The highest BCUT2D eigenvalue weighted by atomic mass is 16.5. The Balaban J connectivity index is 4.45. The van der Waals surface area contributed by atoms with Crippen molar-refractivity contribution in [2.75, 3.05) is 6.61 Å². The standard InChI is InChI=1S/C7H10N2O2/c1-3-11-7(10)6(4-8)5(2)9/h3,9H2,1-2H3/b6-5-. The van der Waals surface area contributed by atoms with E-state index in [9.17, 15) is 4.79 Å². The van der Waals surface area contributed by atoms with E-state index in [0.717, 1.165) is 0 Å². The number of rotatable bonds is 2. The summed E-state index contributed by atoms with van der Waals surface area (Å²) in [5.41, 5.74) is 5.30. The molecule has 0 unspecified atom stereocenters. The first-order valence-corrected chi connectivity index (χ1v) is 3.17. The van der Waals surface area contributed by atoms with Crippen LogP contribution in [0.5, 0.6) is 0 Å². The van der Waals surface area contributed by atoms with Crippen LogP contribution in [-0.4, -0.2) is 12.6 Å². The first kappa shape index (κ1) is 9.50. The Hall–Kier alpha value is -1.50. The molecule has 0 aromatic rings. The maximum absolute atomic E-state index is 10.8. The molecule has 0 radical (unpaired) electrons. The van der Waals surface area contributed by atoms with Gasteiger partial charge in [-0.3, -0.25) is 0 Å².